The summed E-state index contributed by atoms with van der Waals surface area (Å²) in [4.78, 5) is 4.17. The van der Waals surface area contributed by atoms with Gasteiger partial charge >= 0.3 is 0 Å². The van der Waals surface area contributed by atoms with Crippen molar-refractivity contribution in [3.05, 3.63) is 18.3 Å². The quantitative estimate of drug-likeness (QED) is 0.731. The molecule has 1 fully saturated rings. The molecule has 0 unspecified atom stereocenters. The number of nitrogens with zero attached hydrogens (tertiary/aromatic N) is 1. The third-order valence-electron chi connectivity index (χ3n) is 3.68. The number of hydrogen-bond donors (Lipinski definition) is 3. The number of rotatable bonds is 5. The van der Waals surface area contributed by atoms with E-state index in [1.54, 1.807) is 6.20 Å². The molecule has 0 bridgehead atoms. The predicted octanol–water partition coefficient (Wildman–Crippen LogP) is 2.09. The van der Waals surface area contributed by atoms with Crippen LogP contribution in [0.1, 0.15) is 25.7 Å². The lowest BCUT2D eigenvalue weighted by molar-refractivity contribution is 0.142. The number of hydrogen-bond acceptors (Lipinski definition) is 4. The largest absolute Gasteiger partial charge is 0.396 e. The molecule has 1 saturated carbocycles. The van der Waals surface area contributed by atoms with Gasteiger partial charge in [0.1, 0.15) is 5.82 Å². The third kappa shape index (κ3) is 2.88. The molecule has 94 valence electrons. The molecule has 0 aliphatic heterocycles. The lowest BCUT2D eigenvalue weighted by atomic mass is 9.87. The summed E-state index contributed by atoms with van der Waals surface area (Å²) in [5, 5.41) is 16.0. The molecule has 0 saturated heterocycles. The lowest BCUT2D eigenvalue weighted by Crippen LogP contribution is -2.30. The van der Waals surface area contributed by atoms with Crippen molar-refractivity contribution in [2.45, 2.75) is 25.7 Å². The Balaban J connectivity index is 1.96. The summed E-state index contributed by atoms with van der Waals surface area (Å²) in [6.45, 7) is 1.13. The first kappa shape index (κ1) is 12.2. The summed E-state index contributed by atoms with van der Waals surface area (Å²) >= 11 is 0. The highest BCUT2D eigenvalue weighted by molar-refractivity contribution is 5.51. The van der Waals surface area contributed by atoms with E-state index >= 15 is 0 Å². The maximum absolute atomic E-state index is 9.53. The van der Waals surface area contributed by atoms with E-state index in [-0.39, 0.29) is 12.0 Å². The summed E-state index contributed by atoms with van der Waals surface area (Å²) in [5.74, 6) is 0.861. The van der Waals surface area contributed by atoms with Crippen LogP contribution in [0.3, 0.4) is 0 Å². The molecular weight excluding hydrogens is 214 g/mol. The SMILES string of the molecule is CNc1cc(NCC2(CO)CCCC2)ccn1. The first-order chi connectivity index (χ1) is 8.28. The van der Waals surface area contributed by atoms with Crippen molar-refractivity contribution >= 4 is 11.5 Å². The Morgan fingerprint density at radius 1 is 1.41 bits per heavy atom. The standard InChI is InChI=1S/C13H21N3O/c1-14-12-8-11(4-7-15-12)16-9-13(10-17)5-2-3-6-13/h4,7-8,17H,2-3,5-6,9-10H2,1H3,(H2,14,15,16). The van der Waals surface area contributed by atoms with E-state index in [4.69, 9.17) is 0 Å². The number of aliphatic hydroxyl groups is 1. The molecule has 1 aromatic rings. The summed E-state index contributed by atoms with van der Waals surface area (Å²) < 4.78 is 0. The van der Waals surface area contributed by atoms with Crippen molar-refractivity contribution in [1.29, 1.82) is 0 Å². The van der Waals surface area contributed by atoms with Gasteiger partial charge in [0.2, 0.25) is 0 Å². The maximum Gasteiger partial charge on any atom is 0.127 e. The second kappa shape index (κ2) is 5.36. The lowest BCUT2D eigenvalue weighted by Gasteiger charge is -2.27. The van der Waals surface area contributed by atoms with Gasteiger partial charge in [0.15, 0.2) is 0 Å². The van der Waals surface area contributed by atoms with Crippen LogP contribution >= 0.6 is 0 Å². The topological polar surface area (TPSA) is 57.2 Å². The van der Waals surface area contributed by atoms with E-state index in [0.717, 1.165) is 30.9 Å². The Bertz CT molecular complexity index is 361. The van der Waals surface area contributed by atoms with E-state index in [1.165, 1.54) is 12.8 Å². The van der Waals surface area contributed by atoms with Crippen molar-refractivity contribution in [1.82, 2.24) is 4.98 Å². The summed E-state index contributed by atoms with van der Waals surface area (Å²) in [6.07, 6.45) is 6.51. The molecule has 0 aromatic carbocycles. The number of aromatic nitrogens is 1. The van der Waals surface area contributed by atoms with Crippen molar-refractivity contribution < 1.29 is 5.11 Å². The highest BCUT2D eigenvalue weighted by Crippen LogP contribution is 2.37. The van der Waals surface area contributed by atoms with Crippen LogP contribution in [0.4, 0.5) is 11.5 Å². The molecule has 0 spiro atoms. The van der Waals surface area contributed by atoms with Gasteiger partial charge in [-0.3, -0.25) is 0 Å². The average Bonchev–Trinajstić information content (AvgIpc) is 2.86. The molecule has 1 aliphatic rings. The van der Waals surface area contributed by atoms with Crippen LogP contribution in [-0.4, -0.2) is 30.3 Å². The van der Waals surface area contributed by atoms with Gasteiger partial charge in [-0.25, -0.2) is 4.98 Å². The van der Waals surface area contributed by atoms with Gasteiger partial charge in [0.05, 0.1) is 6.61 Å². The van der Waals surface area contributed by atoms with Crippen LogP contribution in [0.25, 0.3) is 0 Å². The zero-order valence-electron chi connectivity index (χ0n) is 10.4. The molecule has 0 atom stereocenters. The molecule has 3 N–H and O–H groups in total. The predicted molar refractivity (Wildman–Crippen MR) is 70.3 cm³/mol. The molecular formula is C13H21N3O. The Labute approximate surface area is 102 Å². The summed E-state index contributed by atoms with van der Waals surface area (Å²) in [6, 6.07) is 3.95. The molecule has 4 nitrogen and oxygen atoms in total. The van der Waals surface area contributed by atoms with Gasteiger partial charge in [-0.2, -0.15) is 0 Å². The van der Waals surface area contributed by atoms with Crippen LogP contribution in [0, 0.1) is 5.41 Å². The zero-order valence-corrected chi connectivity index (χ0v) is 10.4. The van der Waals surface area contributed by atoms with Crippen molar-refractivity contribution in [3.8, 4) is 0 Å². The van der Waals surface area contributed by atoms with Crippen LogP contribution in [0.15, 0.2) is 18.3 Å². The first-order valence-corrected chi connectivity index (χ1v) is 6.27. The Morgan fingerprint density at radius 2 is 2.18 bits per heavy atom. The molecule has 17 heavy (non-hydrogen) atoms. The zero-order chi connectivity index (χ0) is 12.1. The maximum atomic E-state index is 9.53. The first-order valence-electron chi connectivity index (χ1n) is 6.27. The second-order valence-corrected chi connectivity index (χ2v) is 4.90. The van der Waals surface area contributed by atoms with E-state index in [1.807, 2.05) is 19.2 Å². The van der Waals surface area contributed by atoms with Crippen LogP contribution in [0.2, 0.25) is 0 Å². The van der Waals surface area contributed by atoms with Crippen molar-refractivity contribution in [3.63, 3.8) is 0 Å². The Morgan fingerprint density at radius 3 is 2.82 bits per heavy atom. The number of pyridine rings is 1. The molecule has 1 heterocycles. The van der Waals surface area contributed by atoms with Gasteiger partial charge in [-0.1, -0.05) is 12.8 Å². The third-order valence-corrected chi connectivity index (χ3v) is 3.68. The molecule has 4 heteroatoms. The molecule has 0 radical (unpaired) electrons. The fraction of sp³-hybridized carbons (Fsp3) is 0.615. The van der Waals surface area contributed by atoms with E-state index in [2.05, 4.69) is 15.6 Å². The van der Waals surface area contributed by atoms with Crippen molar-refractivity contribution in [2.24, 2.45) is 5.41 Å². The average molecular weight is 235 g/mol. The van der Waals surface area contributed by atoms with Gasteiger partial charge in [0.25, 0.3) is 0 Å². The molecule has 2 rings (SSSR count). The van der Waals surface area contributed by atoms with Gasteiger partial charge in [-0.15, -0.1) is 0 Å². The van der Waals surface area contributed by atoms with Gasteiger partial charge in [-0.05, 0) is 18.9 Å². The Kier molecular flexibility index (Phi) is 3.84. The molecule has 0 amide bonds. The van der Waals surface area contributed by atoms with Crippen molar-refractivity contribution in [2.75, 3.05) is 30.8 Å². The van der Waals surface area contributed by atoms with E-state index < -0.39 is 0 Å². The highest BCUT2D eigenvalue weighted by Gasteiger charge is 2.32. The fourth-order valence-electron chi connectivity index (χ4n) is 2.48. The number of aliphatic hydroxyl groups excluding tert-OH is 1. The van der Waals surface area contributed by atoms with Crippen LogP contribution in [0.5, 0.6) is 0 Å². The van der Waals surface area contributed by atoms with Gasteiger partial charge < -0.3 is 15.7 Å². The summed E-state index contributed by atoms with van der Waals surface area (Å²) in [5.41, 5.74) is 1.15. The molecule has 1 aliphatic carbocycles. The fourth-order valence-corrected chi connectivity index (χ4v) is 2.48. The Hall–Kier alpha value is -1.29. The molecule has 1 aromatic heterocycles. The number of nitrogens with one attached hydrogen (secondary N) is 2. The summed E-state index contributed by atoms with van der Waals surface area (Å²) in [7, 11) is 1.86. The minimum Gasteiger partial charge on any atom is -0.396 e. The minimum absolute atomic E-state index is 0.0864. The minimum atomic E-state index is 0.0864. The monoisotopic (exact) mass is 235 g/mol. The van der Waals surface area contributed by atoms with Crippen LogP contribution < -0.4 is 10.6 Å². The van der Waals surface area contributed by atoms with Gasteiger partial charge in [0, 0.05) is 37.0 Å². The van der Waals surface area contributed by atoms with Crippen LogP contribution in [-0.2, 0) is 0 Å². The van der Waals surface area contributed by atoms with E-state index in [0.29, 0.717) is 0 Å². The number of anilines is 2. The van der Waals surface area contributed by atoms with E-state index in [9.17, 15) is 5.11 Å². The highest BCUT2D eigenvalue weighted by atomic mass is 16.3. The normalized spacial score (nSPS) is 18.0. The second-order valence-electron chi connectivity index (χ2n) is 4.90. The smallest absolute Gasteiger partial charge is 0.127 e.